The van der Waals surface area contributed by atoms with Gasteiger partial charge in [0.1, 0.15) is 23.3 Å². The fraction of sp³-hybridized carbons (Fsp3) is 0.364. The number of rotatable bonds is 1. The van der Waals surface area contributed by atoms with Gasteiger partial charge in [-0.1, -0.05) is 0 Å². The van der Waals surface area contributed by atoms with Crippen LogP contribution < -0.4 is 5.32 Å². The highest BCUT2D eigenvalue weighted by atomic mass is 19.1. The molecule has 1 saturated heterocycles. The van der Waals surface area contributed by atoms with Gasteiger partial charge in [0.05, 0.1) is 12.8 Å². The monoisotopic (exact) mass is 221 g/mol. The van der Waals surface area contributed by atoms with Crippen molar-refractivity contribution in [1.82, 2.24) is 14.7 Å². The largest absolute Gasteiger partial charge is 0.368 e. The van der Waals surface area contributed by atoms with Gasteiger partial charge in [-0.3, -0.25) is 4.40 Å². The van der Waals surface area contributed by atoms with E-state index in [1.165, 1.54) is 6.07 Å². The molecule has 5 heteroatoms. The lowest BCUT2D eigenvalue weighted by Gasteiger charge is -2.22. The van der Waals surface area contributed by atoms with E-state index < -0.39 is 0 Å². The van der Waals surface area contributed by atoms with Gasteiger partial charge in [0, 0.05) is 19.3 Å². The second kappa shape index (κ2) is 3.84. The van der Waals surface area contributed by atoms with Crippen LogP contribution in [0.1, 0.15) is 11.9 Å². The second-order valence-corrected chi connectivity index (χ2v) is 3.79. The molecule has 1 fully saturated rings. The van der Waals surface area contributed by atoms with Crippen LogP contribution in [-0.4, -0.2) is 29.1 Å². The van der Waals surface area contributed by atoms with Crippen molar-refractivity contribution >= 4 is 5.52 Å². The van der Waals surface area contributed by atoms with Crippen LogP contribution in [0.2, 0.25) is 0 Å². The van der Waals surface area contributed by atoms with E-state index in [9.17, 15) is 4.39 Å². The summed E-state index contributed by atoms with van der Waals surface area (Å²) in [5, 5.41) is 3.23. The molecular weight excluding hydrogens is 209 g/mol. The second-order valence-electron chi connectivity index (χ2n) is 3.79. The molecule has 16 heavy (non-hydrogen) atoms. The minimum Gasteiger partial charge on any atom is -0.368 e. The number of hydrogen-bond donors (Lipinski definition) is 1. The van der Waals surface area contributed by atoms with Crippen LogP contribution >= 0.6 is 0 Å². The van der Waals surface area contributed by atoms with Gasteiger partial charge in [-0.05, 0) is 12.1 Å². The van der Waals surface area contributed by atoms with E-state index in [0.29, 0.717) is 12.1 Å². The number of imidazole rings is 1. The Balaban J connectivity index is 2.06. The van der Waals surface area contributed by atoms with Crippen LogP contribution in [0.5, 0.6) is 0 Å². The van der Waals surface area contributed by atoms with E-state index in [-0.39, 0.29) is 11.9 Å². The number of fused-ring (bicyclic) bond motifs is 1. The summed E-state index contributed by atoms with van der Waals surface area (Å²) in [4.78, 5) is 4.24. The molecule has 0 radical (unpaired) electrons. The molecule has 1 unspecified atom stereocenters. The van der Waals surface area contributed by atoms with Crippen molar-refractivity contribution in [3.8, 4) is 0 Å². The van der Waals surface area contributed by atoms with E-state index >= 15 is 0 Å². The zero-order valence-electron chi connectivity index (χ0n) is 8.69. The number of nitrogens with one attached hydrogen (secondary N) is 1. The first-order valence-corrected chi connectivity index (χ1v) is 5.30. The summed E-state index contributed by atoms with van der Waals surface area (Å²) in [6, 6.07) is 3.10. The van der Waals surface area contributed by atoms with Crippen molar-refractivity contribution in [2.75, 3.05) is 19.7 Å². The van der Waals surface area contributed by atoms with Crippen molar-refractivity contribution in [2.24, 2.45) is 0 Å². The quantitative estimate of drug-likeness (QED) is 0.784. The molecule has 4 nitrogen and oxygen atoms in total. The van der Waals surface area contributed by atoms with E-state index in [0.717, 1.165) is 18.9 Å². The molecule has 1 atom stereocenters. The SMILES string of the molecule is Fc1cccn2c(C3CNCCO3)ncc12. The van der Waals surface area contributed by atoms with Gasteiger partial charge in [0.2, 0.25) is 0 Å². The fourth-order valence-electron chi connectivity index (χ4n) is 1.98. The Morgan fingerprint density at radius 1 is 1.56 bits per heavy atom. The average molecular weight is 221 g/mol. The zero-order chi connectivity index (χ0) is 11.0. The average Bonchev–Trinajstić information content (AvgIpc) is 2.75. The number of morpholine rings is 1. The van der Waals surface area contributed by atoms with Crippen LogP contribution in [-0.2, 0) is 4.74 Å². The molecule has 1 N–H and O–H groups in total. The van der Waals surface area contributed by atoms with Gasteiger partial charge in [0.15, 0.2) is 0 Å². The van der Waals surface area contributed by atoms with Crippen molar-refractivity contribution in [2.45, 2.75) is 6.10 Å². The zero-order valence-corrected chi connectivity index (χ0v) is 8.69. The first-order chi connectivity index (χ1) is 7.86. The van der Waals surface area contributed by atoms with Gasteiger partial charge in [0.25, 0.3) is 0 Å². The Morgan fingerprint density at radius 3 is 3.31 bits per heavy atom. The third kappa shape index (κ3) is 1.48. The van der Waals surface area contributed by atoms with Crippen molar-refractivity contribution in [3.05, 3.63) is 36.2 Å². The van der Waals surface area contributed by atoms with Crippen LogP contribution in [0.25, 0.3) is 5.52 Å². The van der Waals surface area contributed by atoms with Gasteiger partial charge in [-0.25, -0.2) is 9.37 Å². The molecule has 84 valence electrons. The molecule has 1 aliphatic rings. The molecule has 1 aliphatic heterocycles. The summed E-state index contributed by atoms with van der Waals surface area (Å²) in [6.45, 7) is 2.23. The molecule has 2 aromatic heterocycles. The topological polar surface area (TPSA) is 38.6 Å². The summed E-state index contributed by atoms with van der Waals surface area (Å²) in [6.07, 6.45) is 3.25. The summed E-state index contributed by atoms with van der Waals surface area (Å²) in [5.41, 5.74) is 0.492. The molecule has 0 aromatic carbocycles. The Kier molecular flexibility index (Phi) is 2.34. The number of halogens is 1. The molecule has 3 rings (SSSR count). The molecule has 0 bridgehead atoms. The fourth-order valence-corrected chi connectivity index (χ4v) is 1.98. The first-order valence-electron chi connectivity index (χ1n) is 5.30. The van der Waals surface area contributed by atoms with Crippen LogP contribution in [0.4, 0.5) is 4.39 Å². The first kappa shape index (κ1) is 9.74. The minimum absolute atomic E-state index is 0.0990. The third-order valence-corrected chi connectivity index (χ3v) is 2.76. The predicted molar refractivity (Wildman–Crippen MR) is 56.7 cm³/mol. The van der Waals surface area contributed by atoms with Crippen LogP contribution in [0.15, 0.2) is 24.5 Å². The van der Waals surface area contributed by atoms with E-state index in [4.69, 9.17) is 4.74 Å². The Labute approximate surface area is 92.1 Å². The molecule has 0 amide bonds. The third-order valence-electron chi connectivity index (χ3n) is 2.76. The summed E-state index contributed by atoms with van der Waals surface area (Å²) < 4.78 is 20.8. The highest BCUT2D eigenvalue weighted by Crippen LogP contribution is 2.20. The smallest absolute Gasteiger partial charge is 0.148 e. The molecule has 0 spiro atoms. The number of hydrogen-bond acceptors (Lipinski definition) is 3. The van der Waals surface area contributed by atoms with Crippen molar-refractivity contribution < 1.29 is 9.13 Å². The highest BCUT2D eigenvalue weighted by Gasteiger charge is 2.20. The normalized spacial score (nSPS) is 21.4. The lowest BCUT2D eigenvalue weighted by molar-refractivity contribution is 0.0218. The lowest BCUT2D eigenvalue weighted by Crippen LogP contribution is -2.34. The van der Waals surface area contributed by atoms with Gasteiger partial charge in [-0.15, -0.1) is 0 Å². The van der Waals surface area contributed by atoms with Gasteiger partial charge < -0.3 is 10.1 Å². The summed E-state index contributed by atoms with van der Waals surface area (Å²) in [7, 11) is 0. The van der Waals surface area contributed by atoms with Crippen LogP contribution in [0, 0.1) is 5.82 Å². The summed E-state index contributed by atoms with van der Waals surface area (Å²) in [5.74, 6) is 0.492. The molecule has 0 saturated carbocycles. The highest BCUT2D eigenvalue weighted by molar-refractivity contribution is 5.47. The Morgan fingerprint density at radius 2 is 2.50 bits per heavy atom. The van der Waals surface area contributed by atoms with Crippen molar-refractivity contribution in [1.29, 1.82) is 0 Å². The Bertz CT molecular complexity index is 505. The molecular formula is C11H12FN3O. The predicted octanol–water partition coefficient (Wildman–Crippen LogP) is 1.13. The van der Waals surface area contributed by atoms with E-state index in [1.807, 2.05) is 0 Å². The minimum atomic E-state index is -0.259. The molecule has 0 aliphatic carbocycles. The standard InChI is InChI=1S/C11H12FN3O/c12-8-2-1-4-15-9(8)6-14-11(15)10-7-13-3-5-16-10/h1-2,4,6,10,13H,3,5,7H2. The maximum Gasteiger partial charge on any atom is 0.148 e. The molecule has 2 aromatic rings. The van der Waals surface area contributed by atoms with Gasteiger partial charge >= 0.3 is 0 Å². The van der Waals surface area contributed by atoms with E-state index in [2.05, 4.69) is 10.3 Å². The Hall–Kier alpha value is -1.46. The molecule has 3 heterocycles. The number of aromatic nitrogens is 2. The number of pyridine rings is 1. The summed E-state index contributed by atoms with van der Waals surface area (Å²) >= 11 is 0. The number of nitrogens with zero attached hydrogens (tertiary/aromatic N) is 2. The van der Waals surface area contributed by atoms with Crippen molar-refractivity contribution in [3.63, 3.8) is 0 Å². The maximum absolute atomic E-state index is 13.4. The maximum atomic E-state index is 13.4. The lowest BCUT2D eigenvalue weighted by atomic mass is 10.3. The van der Waals surface area contributed by atoms with Crippen LogP contribution in [0.3, 0.4) is 0 Å². The van der Waals surface area contributed by atoms with Gasteiger partial charge in [-0.2, -0.15) is 0 Å². The van der Waals surface area contributed by atoms with E-state index in [1.54, 1.807) is 22.9 Å². The number of ether oxygens (including phenoxy) is 1.